The Labute approximate surface area is 172 Å². The summed E-state index contributed by atoms with van der Waals surface area (Å²) in [5, 5.41) is 3.12. The van der Waals surface area contributed by atoms with E-state index in [2.05, 4.69) is 11.9 Å². The van der Waals surface area contributed by atoms with Crippen LogP contribution in [0.15, 0.2) is 30.9 Å². The van der Waals surface area contributed by atoms with Crippen molar-refractivity contribution in [1.82, 2.24) is 4.90 Å². The first-order chi connectivity index (χ1) is 13.8. The third-order valence-electron chi connectivity index (χ3n) is 4.64. The number of nitrogens with zero attached hydrogens (tertiary/aromatic N) is 1. The Kier molecular flexibility index (Phi) is 5.65. The zero-order chi connectivity index (χ0) is 21.3. The molecule has 2 heterocycles. The third-order valence-corrected chi connectivity index (χ3v) is 5.76. The Bertz CT molecular complexity index is 1050. The van der Waals surface area contributed by atoms with Crippen molar-refractivity contribution in [2.75, 3.05) is 18.5 Å². The SMILES string of the molecule is C=CCN1C(=O)c2ccc(C(=O)Nc3sc(C)c(C)c3C(=O)OCC)cc2C1=O. The van der Waals surface area contributed by atoms with Crippen molar-refractivity contribution in [2.45, 2.75) is 20.8 Å². The van der Waals surface area contributed by atoms with Crippen molar-refractivity contribution < 1.29 is 23.9 Å². The molecule has 1 aliphatic rings. The number of benzene rings is 1. The van der Waals surface area contributed by atoms with Crippen LogP contribution in [0, 0.1) is 13.8 Å². The number of ether oxygens (including phenoxy) is 1. The lowest BCUT2D eigenvalue weighted by molar-refractivity contribution is 0.0526. The second kappa shape index (κ2) is 8.00. The number of imide groups is 1. The summed E-state index contributed by atoms with van der Waals surface area (Å²) in [6.07, 6.45) is 1.47. The summed E-state index contributed by atoms with van der Waals surface area (Å²) < 4.78 is 5.09. The van der Waals surface area contributed by atoms with E-state index in [4.69, 9.17) is 4.74 Å². The van der Waals surface area contributed by atoms with Crippen LogP contribution in [0.1, 0.15) is 58.8 Å². The molecule has 7 nitrogen and oxygen atoms in total. The quantitative estimate of drug-likeness (QED) is 0.445. The monoisotopic (exact) mass is 412 g/mol. The molecule has 0 radical (unpaired) electrons. The molecule has 1 N–H and O–H groups in total. The van der Waals surface area contributed by atoms with Crippen LogP contribution in [-0.4, -0.2) is 41.7 Å². The summed E-state index contributed by atoms with van der Waals surface area (Å²) >= 11 is 1.28. The van der Waals surface area contributed by atoms with Crippen molar-refractivity contribution in [3.05, 3.63) is 63.5 Å². The summed E-state index contributed by atoms with van der Waals surface area (Å²) in [6.45, 7) is 9.23. The molecule has 0 saturated carbocycles. The predicted molar refractivity (Wildman–Crippen MR) is 110 cm³/mol. The Hall–Kier alpha value is -3.26. The van der Waals surface area contributed by atoms with Crippen molar-refractivity contribution in [1.29, 1.82) is 0 Å². The van der Waals surface area contributed by atoms with Crippen molar-refractivity contribution in [3.63, 3.8) is 0 Å². The topological polar surface area (TPSA) is 92.8 Å². The van der Waals surface area contributed by atoms with Gasteiger partial charge in [0.25, 0.3) is 17.7 Å². The number of aryl methyl sites for hydroxylation is 1. The van der Waals surface area contributed by atoms with Gasteiger partial charge in [-0.05, 0) is 44.5 Å². The number of hydrogen-bond donors (Lipinski definition) is 1. The fourth-order valence-electron chi connectivity index (χ4n) is 3.07. The molecule has 2 aromatic rings. The first-order valence-electron chi connectivity index (χ1n) is 8.99. The molecule has 0 bridgehead atoms. The van der Waals surface area contributed by atoms with Gasteiger partial charge >= 0.3 is 5.97 Å². The molecule has 0 spiro atoms. The van der Waals surface area contributed by atoms with Gasteiger partial charge in [0.05, 0.1) is 23.3 Å². The number of anilines is 1. The molecule has 1 aromatic heterocycles. The van der Waals surface area contributed by atoms with Crippen LogP contribution in [0.25, 0.3) is 0 Å². The molecule has 0 atom stereocenters. The van der Waals surface area contributed by atoms with Crippen LogP contribution in [0.5, 0.6) is 0 Å². The standard InChI is InChI=1S/C21H20N2O5S/c1-5-9-23-19(25)14-8-7-13(10-15(14)20(23)26)17(24)22-18-16(21(27)28-6-2)11(3)12(4)29-18/h5,7-8,10H,1,6,9H2,2-4H3,(H,22,24). The van der Waals surface area contributed by atoms with Gasteiger partial charge in [0, 0.05) is 17.0 Å². The minimum atomic E-state index is -0.501. The highest BCUT2D eigenvalue weighted by molar-refractivity contribution is 7.16. The van der Waals surface area contributed by atoms with Gasteiger partial charge in [-0.15, -0.1) is 17.9 Å². The van der Waals surface area contributed by atoms with E-state index in [0.717, 1.165) is 15.3 Å². The normalized spacial score (nSPS) is 12.7. The molecule has 1 aliphatic heterocycles. The maximum Gasteiger partial charge on any atom is 0.341 e. The highest BCUT2D eigenvalue weighted by atomic mass is 32.1. The molecule has 0 fully saturated rings. The van der Waals surface area contributed by atoms with Gasteiger partial charge in [-0.3, -0.25) is 19.3 Å². The second-order valence-corrected chi connectivity index (χ2v) is 7.66. The van der Waals surface area contributed by atoms with E-state index in [1.54, 1.807) is 13.8 Å². The maximum atomic E-state index is 12.8. The first kappa shape index (κ1) is 20.5. The lowest BCUT2D eigenvalue weighted by Gasteiger charge is -2.09. The van der Waals surface area contributed by atoms with Crippen LogP contribution in [-0.2, 0) is 4.74 Å². The average molecular weight is 412 g/mol. The highest BCUT2D eigenvalue weighted by Gasteiger charge is 2.35. The maximum absolute atomic E-state index is 12.8. The lowest BCUT2D eigenvalue weighted by atomic mass is 10.1. The van der Waals surface area contributed by atoms with Gasteiger partial charge in [-0.2, -0.15) is 0 Å². The van der Waals surface area contributed by atoms with Crippen LogP contribution < -0.4 is 5.32 Å². The molecule has 3 rings (SSSR count). The first-order valence-corrected chi connectivity index (χ1v) is 9.81. The van der Waals surface area contributed by atoms with Gasteiger partial charge in [-0.25, -0.2) is 4.79 Å². The number of carbonyl (C=O) groups is 4. The number of thiophene rings is 1. The van der Waals surface area contributed by atoms with E-state index in [1.165, 1.54) is 35.6 Å². The summed E-state index contributed by atoms with van der Waals surface area (Å²) in [7, 11) is 0. The summed E-state index contributed by atoms with van der Waals surface area (Å²) in [5.74, 6) is -1.86. The van der Waals surface area contributed by atoms with Gasteiger partial charge in [0.2, 0.25) is 0 Å². The van der Waals surface area contributed by atoms with Gasteiger partial charge in [0.1, 0.15) is 5.00 Å². The average Bonchev–Trinajstić information content (AvgIpc) is 3.10. The van der Waals surface area contributed by atoms with E-state index >= 15 is 0 Å². The number of hydrogen-bond acceptors (Lipinski definition) is 6. The third kappa shape index (κ3) is 3.58. The largest absolute Gasteiger partial charge is 0.462 e. The fraction of sp³-hybridized carbons (Fsp3) is 0.238. The zero-order valence-electron chi connectivity index (χ0n) is 16.3. The van der Waals surface area contributed by atoms with Gasteiger partial charge in [-0.1, -0.05) is 6.08 Å². The van der Waals surface area contributed by atoms with Crippen LogP contribution in [0.3, 0.4) is 0 Å². The van der Waals surface area contributed by atoms with Crippen molar-refractivity contribution >= 4 is 40.0 Å². The molecule has 0 saturated heterocycles. The number of rotatable bonds is 6. The smallest absolute Gasteiger partial charge is 0.341 e. The number of amides is 3. The molecule has 1 aromatic carbocycles. The summed E-state index contributed by atoms with van der Waals surface area (Å²) in [4.78, 5) is 51.8. The van der Waals surface area contributed by atoms with Gasteiger partial charge < -0.3 is 10.1 Å². The van der Waals surface area contributed by atoms with Crippen LogP contribution in [0.2, 0.25) is 0 Å². The zero-order valence-corrected chi connectivity index (χ0v) is 17.1. The molecule has 8 heteroatoms. The van der Waals surface area contributed by atoms with Gasteiger partial charge in [0.15, 0.2) is 0 Å². The van der Waals surface area contributed by atoms with E-state index in [-0.39, 0.29) is 29.8 Å². The lowest BCUT2D eigenvalue weighted by Crippen LogP contribution is -2.29. The minimum Gasteiger partial charge on any atom is -0.462 e. The highest BCUT2D eigenvalue weighted by Crippen LogP contribution is 2.33. The number of nitrogens with one attached hydrogen (secondary N) is 1. The van der Waals surface area contributed by atoms with Crippen molar-refractivity contribution in [3.8, 4) is 0 Å². The Morgan fingerprint density at radius 1 is 1.21 bits per heavy atom. The summed E-state index contributed by atoms with van der Waals surface area (Å²) in [5.41, 5.74) is 1.71. The molecule has 29 heavy (non-hydrogen) atoms. The van der Waals surface area contributed by atoms with Crippen LogP contribution >= 0.6 is 11.3 Å². The molecular formula is C21H20N2O5S. The van der Waals surface area contributed by atoms with E-state index in [1.807, 2.05) is 6.92 Å². The predicted octanol–water partition coefficient (Wildman–Crippen LogP) is 3.58. The van der Waals surface area contributed by atoms with E-state index in [9.17, 15) is 19.2 Å². The number of esters is 1. The molecule has 150 valence electrons. The molecule has 0 aliphatic carbocycles. The molecular weight excluding hydrogens is 392 g/mol. The number of carbonyl (C=O) groups excluding carboxylic acids is 4. The fourth-order valence-corrected chi connectivity index (χ4v) is 4.11. The second-order valence-electron chi connectivity index (χ2n) is 6.43. The Morgan fingerprint density at radius 3 is 2.55 bits per heavy atom. The molecule has 0 unspecified atom stereocenters. The van der Waals surface area contributed by atoms with Crippen LogP contribution in [0.4, 0.5) is 5.00 Å². The Morgan fingerprint density at radius 2 is 1.90 bits per heavy atom. The summed E-state index contributed by atoms with van der Waals surface area (Å²) in [6, 6.07) is 4.34. The number of fused-ring (bicyclic) bond motifs is 1. The van der Waals surface area contributed by atoms with Crippen molar-refractivity contribution in [2.24, 2.45) is 0 Å². The minimum absolute atomic E-state index is 0.102. The molecule has 3 amide bonds. The van der Waals surface area contributed by atoms with E-state index < -0.39 is 23.7 Å². The van der Waals surface area contributed by atoms with E-state index in [0.29, 0.717) is 10.6 Å². The Balaban J connectivity index is 1.90.